The molecule has 0 unspecified atom stereocenters. The first kappa shape index (κ1) is 9.92. The van der Waals surface area contributed by atoms with Crippen LogP contribution in [0.4, 0.5) is 0 Å². The average Bonchev–Trinajstić information content (AvgIpc) is 2.04. The smallest absolute Gasteiger partial charge is 0.335 e. The van der Waals surface area contributed by atoms with Crippen molar-refractivity contribution in [2.24, 2.45) is 0 Å². The number of carbonyl (C=O) groups is 2. The van der Waals surface area contributed by atoms with Crippen molar-refractivity contribution in [3.63, 3.8) is 0 Å². The fraction of sp³-hybridized carbons (Fsp3) is 0.111. The van der Waals surface area contributed by atoms with Gasteiger partial charge in [-0.05, 0) is 24.6 Å². The molecule has 0 saturated carbocycles. The zero-order valence-electron chi connectivity index (χ0n) is 6.87. The molecular formula is C9H7BrO3. The minimum Gasteiger partial charge on any atom is -0.478 e. The second kappa shape index (κ2) is 3.70. The molecule has 3 nitrogen and oxygen atoms in total. The number of benzene rings is 1. The monoisotopic (exact) mass is 242 g/mol. The molecule has 0 saturated heterocycles. The fourth-order valence-electron chi connectivity index (χ4n) is 1.07. The Morgan fingerprint density at radius 3 is 2.62 bits per heavy atom. The molecule has 1 aromatic carbocycles. The zero-order valence-corrected chi connectivity index (χ0v) is 8.46. The SMILES string of the molecule is Cc1c(C(=O)O)ccc(Br)c1C=O. The van der Waals surface area contributed by atoms with Crippen LogP contribution in [0.5, 0.6) is 0 Å². The Kier molecular flexibility index (Phi) is 2.83. The van der Waals surface area contributed by atoms with Gasteiger partial charge >= 0.3 is 5.97 Å². The van der Waals surface area contributed by atoms with Crippen molar-refractivity contribution in [1.82, 2.24) is 0 Å². The van der Waals surface area contributed by atoms with Crippen molar-refractivity contribution < 1.29 is 14.7 Å². The third-order valence-electron chi connectivity index (χ3n) is 1.81. The third-order valence-corrected chi connectivity index (χ3v) is 2.50. The van der Waals surface area contributed by atoms with Gasteiger partial charge in [-0.3, -0.25) is 4.79 Å². The number of rotatable bonds is 2. The van der Waals surface area contributed by atoms with Gasteiger partial charge in [-0.25, -0.2) is 4.79 Å². The van der Waals surface area contributed by atoms with Crippen LogP contribution in [-0.4, -0.2) is 17.4 Å². The van der Waals surface area contributed by atoms with E-state index in [1.165, 1.54) is 6.07 Å². The third kappa shape index (κ3) is 1.78. The molecule has 0 aliphatic rings. The molecule has 0 heterocycles. The van der Waals surface area contributed by atoms with Crippen LogP contribution in [0.2, 0.25) is 0 Å². The maximum Gasteiger partial charge on any atom is 0.335 e. The maximum atomic E-state index is 10.7. The van der Waals surface area contributed by atoms with Gasteiger partial charge in [0.1, 0.15) is 0 Å². The molecule has 0 amide bonds. The minimum absolute atomic E-state index is 0.158. The first-order valence-electron chi connectivity index (χ1n) is 3.55. The van der Waals surface area contributed by atoms with E-state index in [0.717, 1.165) is 0 Å². The Morgan fingerprint density at radius 1 is 1.54 bits per heavy atom. The van der Waals surface area contributed by atoms with Crippen molar-refractivity contribution in [3.8, 4) is 0 Å². The van der Waals surface area contributed by atoms with E-state index in [4.69, 9.17) is 5.11 Å². The predicted molar refractivity (Wildman–Crippen MR) is 51.2 cm³/mol. The number of carboxylic acid groups (broad SMARTS) is 1. The second-order valence-electron chi connectivity index (χ2n) is 2.56. The summed E-state index contributed by atoms with van der Waals surface area (Å²) in [6.07, 6.45) is 0.645. The Hall–Kier alpha value is -1.16. The van der Waals surface area contributed by atoms with Crippen LogP contribution in [0.1, 0.15) is 26.3 Å². The van der Waals surface area contributed by atoms with Crippen molar-refractivity contribution >= 4 is 28.2 Å². The highest BCUT2D eigenvalue weighted by molar-refractivity contribution is 9.10. The molecular weight excluding hydrogens is 236 g/mol. The number of carbonyl (C=O) groups excluding carboxylic acids is 1. The largest absolute Gasteiger partial charge is 0.478 e. The standard InChI is InChI=1S/C9H7BrO3/c1-5-6(9(12)13)2-3-8(10)7(5)4-11/h2-4H,1H3,(H,12,13). The van der Waals surface area contributed by atoms with E-state index in [9.17, 15) is 9.59 Å². The first-order valence-corrected chi connectivity index (χ1v) is 4.34. The highest BCUT2D eigenvalue weighted by Crippen LogP contribution is 2.21. The number of hydrogen-bond acceptors (Lipinski definition) is 2. The number of carboxylic acids is 1. The topological polar surface area (TPSA) is 54.4 Å². The fourth-order valence-corrected chi connectivity index (χ4v) is 1.59. The van der Waals surface area contributed by atoms with E-state index in [1.54, 1.807) is 13.0 Å². The van der Waals surface area contributed by atoms with Gasteiger partial charge in [0.05, 0.1) is 5.56 Å². The van der Waals surface area contributed by atoms with Gasteiger partial charge in [-0.1, -0.05) is 15.9 Å². The molecule has 0 aliphatic carbocycles. The lowest BCUT2D eigenvalue weighted by Gasteiger charge is -2.04. The summed E-state index contributed by atoms with van der Waals surface area (Å²) >= 11 is 3.17. The quantitative estimate of drug-likeness (QED) is 0.810. The summed E-state index contributed by atoms with van der Waals surface area (Å²) in [7, 11) is 0. The molecule has 68 valence electrons. The van der Waals surface area contributed by atoms with Gasteiger partial charge in [-0.2, -0.15) is 0 Å². The van der Waals surface area contributed by atoms with E-state index in [0.29, 0.717) is 21.9 Å². The summed E-state index contributed by atoms with van der Waals surface area (Å²) < 4.78 is 0.616. The lowest BCUT2D eigenvalue weighted by Crippen LogP contribution is -2.02. The summed E-state index contributed by atoms with van der Waals surface area (Å²) in [6, 6.07) is 3.02. The number of aldehydes is 1. The van der Waals surface area contributed by atoms with Crippen LogP contribution in [0, 0.1) is 6.92 Å². The van der Waals surface area contributed by atoms with Gasteiger partial charge in [0.25, 0.3) is 0 Å². The summed E-state index contributed by atoms with van der Waals surface area (Å²) in [5.74, 6) is -1.02. The Bertz CT molecular complexity index is 371. The van der Waals surface area contributed by atoms with E-state index in [2.05, 4.69) is 15.9 Å². The van der Waals surface area contributed by atoms with Crippen LogP contribution < -0.4 is 0 Å². The molecule has 0 radical (unpaired) electrons. The lowest BCUT2D eigenvalue weighted by atomic mass is 10.0. The molecule has 0 fully saturated rings. The van der Waals surface area contributed by atoms with Crippen molar-refractivity contribution in [2.45, 2.75) is 6.92 Å². The van der Waals surface area contributed by atoms with Crippen LogP contribution in [0.15, 0.2) is 16.6 Å². The van der Waals surface area contributed by atoms with E-state index < -0.39 is 5.97 Å². The van der Waals surface area contributed by atoms with Crippen molar-refractivity contribution in [2.75, 3.05) is 0 Å². The Morgan fingerprint density at radius 2 is 2.15 bits per heavy atom. The highest BCUT2D eigenvalue weighted by Gasteiger charge is 2.12. The molecule has 0 bridgehead atoms. The van der Waals surface area contributed by atoms with Gasteiger partial charge < -0.3 is 5.11 Å². The Labute approximate surface area is 83.5 Å². The van der Waals surface area contributed by atoms with Gasteiger partial charge in [0.2, 0.25) is 0 Å². The predicted octanol–water partition coefficient (Wildman–Crippen LogP) is 2.27. The van der Waals surface area contributed by atoms with Gasteiger partial charge in [0.15, 0.2) is 6.29 Å². The normalized spacial score (nSPS) is 9.69. The molecule has 1 N–H and O–H groups in total. The molecule has 1 rings (SSSR count). The van der Waals surface area contributed by atoms with Crippen molar-refractivity contribution in [1.29, 1.82) is 0 Å². The summed E-state index contributed by atoms with van der Waals surface area (Å²) in [5.41, 5.74) is 1.03. The summed E-state index contributed by atoms with van der Waals surface area (Å²) in [4.78, 5) is 21.3. The van der Waals surface area contributed by atoms with Crippen LogP contribution in [0.3, 0.4) is 0 Å². The minimum atomic E-state index is -1.02. The van der Waals surface area contributed by atoms with Crippen LogP contribution >= 0.6 is 15.9 Å². The van der Waals surface area contributed by atoms with E-state index >= 15 is 0 Å². The number of halogens is 1. The van der Waals surface area contributed by atoms with E-state index in [1.807, 2.05) is 0 Å². The number of hydrogen-bond donors (Lipinski definition) is 1. The molecule has 4 heteroatoms. The zero-order chi connectivity index (χ0) is 10.0. The number of aromatic carboxylic acids is 1. The summed E-state index contributed by atoms with van der Waals surface area (Å²) in [6.45, 7) is 1.61. The lowest BCUT2D eigenvalue weighted by molar-refractivity contribution is 0.0696. The molecule has 13 heavy (non-hydrogen) atoms. The summed E-state index contributed by atoms with van der Waals surface area (Å²) in [5, 5.41) is 8.75. The second-order valence-corrected chi connectivity index (χ2v) is 3.41. The highest BCUT2D eigenvalue weighted by atomic mass is 79.9. The van der Waals surface area contributed by atoms with Gasteiger partial charge in [0, 0.05) is 10.0 Å². The van der Waals surface area contributed by atoms with Crippen LogP contribution in [-0.2, 0) is 0 Å². The van der Waals surface area contributed by atoms with Crippen molar-refractivity contribution in [3.05, 3.63) is 33.3 Å². The maximum absolute atomic E-state index is 10.7. The van der Waals surface area contributed by atoms with Crippen LogP contribution in [0.25, 0.3) is 0 Å². The molecule has 0 aromatic heterocycles. The van der Waals surface area contributed by atoms with Gasteiger partial charge in [-0.15, -0.1) is 0 Å². The van der Waals surface area contributed by atoms with E-state index in [-0.39, 0.29) is 5.56 Å². The Balaban J connectivity index is 3.44. The average molecular weight is 243 g/mol. The molecule has 1 aromatic rings. The molecule has 0 spiro atoms. The molecule has 0 aliphatic heterocycles. The first-order chi connectivity index (χ1) is 6.07. The molecule has 0 atom stereocenters.